The summed E-state index contributed by atoms with van der Waals surface area (Å²) in [4.78, 5) is 18.6. The van der Waals surface area contributed by atoms with Gasteiger partial charge >= 0.3 is 11.4 Å². The van der Waals surface area contributed by atoms with Crippen molar-refractivity contribution in [1.29, 1.82) is 0 Å². The molecule has 0 radical (unpaired) electrons. The standard InChI is InChI=1S/C6H4N2O5.C2H4OS/c9-5-3-1-2-4(7(10)11)6(5)8(12)13;1-2(3)4/h1-3,9H;1H3,(H,3,4). The number of phenolic OH excluding ortho intramolecular Hbond substituents is 1. The average Bonchev–Trinajstić information content (AvgIpc) is 2.15. The second-order valence-electron chi connectivity index (χ2n) is 2.68. The van der Waals surface area contributed by atoms with Crippen molar-refractivity contribution >= 4 is 28.6 Å². The number of hydrogen-bond acceptors (Lipinski definition) is 6. The van der Waals surface area contributed by atoms with E-state index in [9.17, 15) is 20.2 Å². The Labute approximate surface area is 100 Å². The third-order valence-corrected chi connectivity index (χ3v) is 1.37. The predicted molar refractivity (Wildman–Crippen MR) is 62.3 cm³/mol. The minimum Gasteiger partial charge on any atom is -0.502 e. The van der Waals surface area contributed by atoms with E-state index in [0.717, 1.165) is 12.1 Å². The highest BCUT2D eigenvalue weighted by Crippen LogP contribution is 2.34. The Morgan fingerprint density at radius 3 is 2.06 bits per heavy atom. The molecule has 0 bridgehead atoms. The first kappa shape index (κ1) is 14.7. The molecule has 0 aliphatic carbocycles. The predicted octanol–water partition coefficient (Wildman–Crippen LogP) is 2.10. The van der Waals surface area contributed by atoms with Crippen molar-refractivity contribution in [3.05, 3.63) is 38.4 Å². The van der Waals surface area contributed by atoms with Crippen molar-refractivity contribution in [1.82, 2.24) is 0 Å². The lowest BCUT2D eigenvalue weighted by Gasteiger charge is -1.95. The molecule has 1 aromatic rings. The molecule has 9 heteroatoms. The number of thiocarbonyl (C=S) groups is 1. The Kier molecular flexibility index (Phi) is 5.47. The Bertz CT molecular complexity index is 457. The fourth-order valence-corrected chi connectivity index (χ4v) is 0.854. The molecular formula is C8H8N2O6S. The smallest absolute Gasteiger partial charge is 0.387 e. The van der Waals surface area contributed by atoms with Crippen LogP contribution in [0.4, 0.5) is 11.4 Å². The van der Waals surface area contributed by atoms with Gasteiger partial charge in [-0.2, -0.15) is 0 Å². The molecule has 0 saturated heterocycles. The van der Waals surface area contributed by atoms with E-state index in [1.807, 2.05) is 0 Å². The van der Waals surface area contributed by atoms with Gasteiger partial charge in [0.05, 0.1) is 9.85 Å². The topological polar surface area (TPSA) is 127 Å². The summed E-state index contributed by atoms with van der Waals surface area (Å²) in [7, 11) is 0. The number of aliphatic hydroxyl groups is 1. The zero-order valence-electron chi connectivity index (χ0n) is 8.56. The molecule has 0 fully saturated rings. The number of nitro benzene ring substituents is 2. The SMILES string of the molecule is CC(O)=S.O=[N+]([O-])c1cccc(O)c1[N+](=O)[O-]. The Hall–Kier alpha value is -2.29. The number of phenols is 1. The summed E-state index contributed by atoms with van der Waals surface area (Å²) in [6.45, 7) is 1.45. The quantitative estimate of drug-likeness (QED) is 0.473. The summed E-state index contributed by atoms with van der Waals surface area (Å²) in [6.07, 6.45) is 0. The molecule has 0 saturated carbocycles. The van der Waals surface area contributed by atoms with E-state index in [1.54, 1.807) is 0 Å². The number of para-hydroxylation sites is 1. The number of nitrogens with zero attached hydrogens (tertiary/aromatic N) is 2. The van der Waals surface area contributed by atoms with Crippen LogP contribution in [-0.4, -0.2) is 25.1 Å². The van der Waals surface area contributed by atoms with E-state index >= 15 is 0 Å². The number of aliphatic hydroxyl groups excluding tert-OH is 1. The van der Waals surface area contributed by atoms with Crippen LogP contribution < -0.4 is 0 Å². The van der Waals surface area contributed by atoms with Crippen molar-refractivity contribution in [3.8, 4) is 5.75 Å². The number of hydrogen-bond donors (Lipinski definition) is 2. The fraction of sp³-hybridized carbons (Fsp3) is 0.125. The molecule has 1 aromatic carbocycles. The molecule has 0 aliphatic rings. The first-order chi connectivity index (χ1) is 7.77. The molecule has 0 spiro atoms. The van der Waals surface area contributed by atoms with Gasteiger partial charge in [-0.3, -0.25) is 20.2 Å². The lowest BCUT2D eigenvalue weighted by atomic mass is 10.2. The van der Waals surface area contributed by atoms with Crippen molar-refractivity contribution in [2.24, 2.45) is 0 Å². The first-order valence-electron chi connectivity index (χ1n) is 4.07. The zero-order chi connectivity index (χ0) is 13.6. The minimum atomic E-state index is -0.993. The van der Waals surface area contributed by atoms with Crippen molar-refractivity contribution in [3.63, 3.8) is 0 Å². The lowest BCUT2D eigenvalue weighted by Crippen LogP contribution is -1.96. The van der Waals surface area contributed by atoms with Crippen molar-refractivity contribution < 1.29 is 20.1 Å². The molecule has 0 amide bonds. The van der Waals surface area contributed by atoms with Crippen molar-refractivity contribution in [2.75, 3.05) is 0 Å². The maximum atomic E-state index is 10.3. The van der Waals surface area contributed by atoms with Crippen LogP contribution in [0, 0.1) is 20.2 Å². The minimum absolute atomic E-state index is 0.000000000000000222. The molecule has 0 unspecified atom stereocenters. The summed E-state index contributed by atoms with van der Waals surface area (Å²) >= 11 is 4.09. The van der Waals surface area contributed by atoms with Gasteiger partial charge in [0.1, 0.15) is 0 Å². The van der Waals surface area contributed by atoms with Gasteiger partial charge in [-0.25, -0.2) is 0 Å². The van der Waals surface area contributed by atoms with Gasteiger partial charge in [-0.05, 0) is 18.3 Å². The highest BCUT2D eigenvalue weighted by atomic mass is 32.1. The van der Waals surface area contributed by atoms with Gasteiger partial charge in [0.15, 0.2) is 5.05 Å². The largest absolute Gasteiger partial charge is 0.502 e. The average molecular weight is 260 g/mol. The molecule has 2 N–H and O–H groups in total. The number of nitro groups is 2. The van der Waals surface area contributed by atoms with Gasteiger partial charge in [0.2, 0.25) is 5.75 Å². The van der Waals surface area contributed by atoms with Crippen LogP contribution in [0.15, 0.2) is 18.2 Å². The molecule has 0 aromatic heterocycles. The number of aromatic hydroxyl groups is 1. The van der Waals surface area contributed by atoms with Crippen LogP contribution >= 0.6 is 12.2 Å². The summed E-state index contributed by atoms with van der Waals surface area (Å²) < 4.78 is 0. The van der Waals surface area contributed by atoms with Crippen LogP contribution in [-0.2, 0) is 0 Å². The van der Waals surface area contributed by atoms with E-state index in [4.69, 9.17) is 10.2 Å². The van der Waals surface area contributed by atoms with Gasteiger partial charge in [0, 0.05) is 13.0 Å². The monoisotopic (exact) mass is 260 g/mol. The molecule has 0 heterocycles. The van der Waals surface area contributed by atoms with Crippen LogP contribution in [0.25, 0.3) is 0 Å². The molecule has 0 aliphatic heterocycles. The third-order valence-electron chi connectivity index (χ3n) is 1.37. The number of rotatable bonds is 2. The Balaban J connectivity index is 0.000000557. The summed E-state index contributed by atoms with van der Waals surface area (Å²) in [5.74, 6) is -0.709. The maximum absolute atomic E-state index is 10.3. The second-order valence-corrected chi connectivity index (χ2v) is 3.27. The molecular weight excluding hydrogens is 252 g/mol. The van der Waals surface area contributed by atoms with E-state index in [2.05, 4.69) is 12.2 Å². The number of benzene rings is 1. The first-order valence-corrected chi connectivity index (χ1v) is 4.48. The summed E-state index contributed by atoms with van der Waals surface area (Å²) in [5.41, 5.74) is -1.60. The highest BCUT2D eigenvalue weighted by molar-refractivity contribution is 7.79. The zero-order valence-corrected chi connectivity index (χ0v) is 9.38. The Morgan fingerprint density at radius 2 is 1.76 bits per heavy atom. The van der Waals surface area contributed by atoms with Gasteiger partial charge < -0.3 is 10.2 Å². The van der Waals surface area contributed by atoms with Crippen LogP contribution in [0.2, 0.25) is 0 Å². The van der Waals surface area contributed by atoms with Gasteiger partial charge in [0.25, 0.3) is 0 Å². The van der Waals surface area contributed by atoms with E-state index in [-0.39, 0.29) is 5.05 Å². The molecule has 1 rings (SSSR count). The summed E-state index contributed by atoms with van der Waals surface area (Å²) in [6, 6.07) is 3.14. The maximum Gasteiger partial charge on any atom is 0.387 e. The van der Waals surface area contributed by atoms with E-state index < -0.39 is 27.0 Å². The van der Waals surface area contributed by atoms with Crippen LogP contribution in [0.5, 0.6) is 5.75 Å². The normalized spacial score (nSPS) is 8.76. The second kappa shape index (κ2) is 6.33. The Morgan fingerprint density at radius 1 is 1.29 bits per heavy atom. The van der Waals surface area contributed by atoms with Crippen LogP contribution in [0.3, 0.4) is 0 Å². The van der Waals surface area contributed by atoms with E-state index in [0.29, 0.717) is 0 Å². The molecule has 17 heavy (non-hydrogen) atoms. The highest BCUT2D eigenvalue weighted by Gasteiger charge is 2.27. The molecule has 92 valence electrons. The van der Waals surface area contributed by atoms with Gasteiger partial charge in [-0.15, -0.1) is 0 Å². The lowest BCUT2D eigenvalue weighted by molar-refractivity contribution is -0.423. The summed E-state index contributed by atoms with van der Waals surface area (Å²) in [5, 5.41) is 37.3. The van der Waals surface area contributed by atoms with Crippen LogP contribution in [0.1, 0.15) is 6.92 Å². The van der Waals surface area contributed by atoms with E-state index in [1.165, 1.54) is 13.0 Å². The molecule has 0 atom stereocenters. The molecule has 8 nitrogen and oxygen atoms in total. The van der Waals surface area contributed by atoms with Crippen molar-refractivity contribution in [2.45, 2.75) is 6.92 Å². The fourth-order valence-electron chi connectivity index (χ4n) is 0.854. The third kappa shape index (κ3) is 4.84. The van der Waals surface area contributed by atoms with Gasteiger partial charge in [-0.1, -0.05) is 6.07 Å².